The van der Waals surface area contributed by atoms with Gasteiger partial charge in [0.25, 0.3) is 11.2 Å². The summed E-state index contributed by atoms with van der Waals surface area (Å²) in [4.78, 5) is 43.3. The van der Waals surface area contributed by atoms with Gasteiger partial charge in [0.05, 0.1) is 33.9 Å². The van der Waals surface area contributed by atoms with Crippen molar-refractivity contribution in [2.24, 2.45) is 4.99 Å². The fourth-order valence-electron chi connectivity index (χ4n) is 4.75. The quantitative estimate of drug-likeness (QED) is 0.148. The van der Waals surface area contributed by atoms with Crippen LogP contribution in [0.3, 0.4) is 0 Å². The number of benzene rings is 2. The second-order valence-corrected chi connectivity index (χ2v) is 11.8. The van der Waals surface area contributed by atoms with Crippen molar-refractivity contribution in [2.75, 3.05) is 7.11 Å². The van der Waals surface area contributed by atoms with E-state index in [1.165, 1.54) is 17.7 Å². The minimum atomic E-state index is -0.859. The van der Waals surface area contributed by atoms with Gasteiger partial charge in [-0.25, -0.2) is 9.79 Å². The van der Waals surface area contributed by atoms with E-state index in [0.717, 1.165) is 15.8 Å². The topological polar surface area (TPSA) is 126 Å². The number of esters is 1. The number of furan rings is 1. The van der Waals surface area contributed by atoms with E-state index in [-0.39, 0.29) is 22.9 Å². The summed E-state index contributed by atoms with van der Waals surface area (Å²) >= 11 is 4.66. The first-order chi connectivity index (χ1) is 20.0. The number of methoxy groups -OCH3 is 1. The van der Waals surface area contributed by atoms with Gasteiger partial charge >= 0.3 is 5.97 Å². The van der Waals surface area contributed by atoms with Crippen LogP contribution >= 0.6 is 27.3 Å². The number of allylic oxidation sites excluding steroid dienone is 1. The Hall–Kier alpha value is -4.29. The molecule has 10 nitrogen and oxygen atoms in total. The maximum atomic E-state index is 14.0. The molecule has 0 radical (unpaired) electrons. The monoisotopic (exact) mass is 651 g/mol. The number of nitro groups is 1. The molecule has 216 valence electrons. The fraction of sp³-hybridized carbons (Fsp3) is 0.233. The van der Waals surface area contributed by atoms with Gasteiger partial charge in [0.1, 0.15) is 23.3 Å². The van der Waals surface area contributed by atoms with Crippen molar-refractivity contribution in [3.63, 3.8) is 0 Å². The normalized spacial score (nSPS) is 15.0. The zero-order valence-electron chi connectivity index (χ0n) is 23.3. The van der Waals surface area contributed by atoms with Crippen molar-refractivity contribution in [1.29, 1.82) is 0 Å². The number of nitrogens with zero attached hydrogens (tertiary/aromatic N) is 3. The first kappa shape index (κ1) is 29.2. The Labute approximate surface area is 252 Å². The van der Waals surface area contributed by atoms with Gasteiger partial charge in [-0.2, -0.15) is 0 Å². The molecule has 2 aromatic heterocycles. The van der Waals surface area contributed by atoms with Gasteiger partial charge in [-0.15, -0.1) is 0 Å². The molecule has 3 heterocycles. The summed E-state index contributed by atoms with van der Waals surface area (Å²) in [5.41, 5.74) is 1.95. The van der Waals surface area contributed by atoms with Gasteiger partial charge in [-0.1, -0.05) is 39.4 Å². The van der Waals surface area contributed by atoms with Crippen molar-refractivity contribution in [2.45, 2.75) is 39.8 Å². The number of halogens is 1. The minimum Gasteiger partial charge on any atom is -0.496 e. The van der Waals surface area contributed by atoms with Crippen molar-refractivity contribution in [3.05, 3.63) is 111 Å². The molecule has 42 heavy (non-hydrogen) atoms. The highest BCUT2D eigenvalue weighted by atomic mass is 79.9. The highest BCUT2D eigenvalue weighted by Gasteiger charge is 2.35. The third-order valence-electron chi connectivity index (χ3n) is 6.66. The molecule has 2 aromatic carbocycles. The van der Waals surface area contributed by atoms with E-state index in [4.69, 9.17) is 13.9 Å². The SMILES string of the molecule is COc1ccc(Br)cc1[C@H]1C(C(=O)OC(C)C)=C(C)N=c2s/c(=C\c3ccc(-c4ccc(C)c([N+](=O)[O-])c4)o3)c(=O)n21. The van der Waals surface area contributed by atoms with E-state index >= 15 is 0 Å². The number of hydrogen-bond acceptors (Lipinski definition) is 9. The molecule has 1 atom stereocenters. The molecule has 0 fully saturated rings. The van der Waals surface area contributed by atoms with E-state index in [2.05, 4.69) is 20.9 Å². The Balaban J connectivity index is 1.65. The Morgan fingerprint density at radius 1 is 1.19 bits per heavy atom. The Bertz CT molecular complexity index is 1950. The summed E-state index contributed by atoms with van der Waals surface area (Å²) < 4.78 is 19.7. The number of aryl methyl sites for hydroxylation is 1. The number of fused-ring (bicyclic) bond motifs is 1. The van der Waals surface area contributed by atoms with E-state index in [0.29, 0.717) is 49.0 Å². The molecule has 12 heteroatoms. The molecule has 0 saturated carbocycles. The molecular formula is C30H26BrN3O7S. The van der Waals surface area contributed by atoms with Gasteiger partial charge in [-0.3, -0.25) is 19.5 Å². The van der Waals surface area contributed by atoms with Crippen LogP contribution < -0.4 is 19.6 Å². The summed E-state index contributed by atoms with van der Waals surface area (Å²) in [6.07, 6.45) is 1.21. The van der Waals surface area contributed by atoms with Crippen LogP contribution in [0.5, 0.6) is 5.75 Å². The first-order valence-corrected chi connectivity index (χ1v) is 14.5. The molecule has 1 aliphatic rings. The van der Waals surface area contributed by atoms with Crippen LogP contribution in [0.4, 0.5) is 5.69 Å². The van der Waals surface area contributed by atoms with Gasteiger partial charge in [-0.05, 0) is 58.0 Å². The second kappa shape index (κ2) is 11.5. The third-order valence-corrected chi connectivity index (χ3v) is 8.14. The molecular weight excluding hydrogens is 626 g/mol. The lowest BCUT2D eigenvalue weighted by atomic mass is 9.95. The van der Waals surface area contributed by atoms with Crippen LogP contribution in [0.2, 0.25) is 0 Å². The predicted molar refractivity (Wildman–Crippen MR) is 161 cm³/mol. The average Bonchev–Trinajstić information content (AvgIpc) is 3.51. The molecule has 0 saturated heterocycles. The van der Waals surface area contributed by atoms with Gasteiger partial charge in [0.2, 0.25) is 0 Å². The number of rotatable bonds is 7. The predicted octanol–water partition coefficient (Wildman–Crippen LogP) is 5.43. The fourth-order valence-corrected chi connectivity index (χ4v) is 6.15. The largest absolute Gasteiger partial charge is 0.496 e. The van der Waals surface area contributed by atoms with Crippen molar-refractivity contribution in [1.82, 2.24) is 4.57 Å². The number of aromatic nitrogens is 1. The van der Waals surface area contributed by atoms with Crippen molar-refractivity contribution >= 4 is 45.0 Å². The van der Waals surface area contributed by atoms with E-state index in [1.807, 2.05) is 12.1 Å². The summed E-state index contributed by atoms with van der Waals surface area (Å²) in [5.74, 6) is 0.717. The average molecular weight is 653 g/mol. The second-order valence-electron chi connectivity index (χ2n) is 9.88. The first-order valence-electron chi connectivity index (χ1n) is 12.9. The molecule has 5 rings (SSSR count). The lowest BCUT2D eigenvalue weighted by Crippen LogP contribution is -2.40. The number of ether oxygens (including phenoxy) is 2. The number of thiazole rings is 1. The maximum Gasteiger partial charge on any atom is 0.338 e. The molecule has 4 aromatic rings. The van der Waals surface area contributed by atoms with Gasteiger partial charge < -0.3 is 13.9 Å². The summed E-state index contributed by atoms with van der Waals surface area (Å²) in [5, 5.41) is 11.4. The van der Waals surface area contributed by atoms with E-state index < -0.39 is 16.9 Å². The van der Waals surface area contributed by atoms with Crippen molar-refractivity contribution < 1.29 is 23.6 Å². The zero-order chi connectivity index (χ0) is 30.3. The zero-order valence-corrected chi connectivity index (χ0v) is 25.7. The van der Waals surface area contributed by atoms with Crippen LogP contribution in [-0.4, -0.2) is 28.7 Å². The van der Waals surface area contributed by atoms with Gasteiger partial charge in [0, 0.05) is 33.3 Å². The molecule has 1 aliphatic heterocycles. The van der Waals surface area contributed by atoms with Crippen LogP contribution in [0.15, 0.2) is 78.5 Å². The number of carbonyl (C=O) groups is 1. The smallest absolute Gasteiger partial charge is 0.338 e. The van der Waals surface area contributed by atoms with Gasteiger partial charge in [0.15, 0.2) is 4.80 Å². The molecule has 0 aliphatic carbocycles. The highest BCUT2D eigenvalue weighted by Crippen LogP contribution is 2.37. The summed E-state index contributed by atoms with van der Waals surface area (Å²) in [7, 11) is 1.52. The molecule has 0 amide bonds. The number of carbonyl (C=O) groups excluding carboxylic acids is 1. The number of hydrogen-bond donors (Lipinski definition) is 0. The lowest BCUT2D eigenvalue weighted by Gasteiger charge is -2.26. The highest BCUT2D eigenvalue weighted by molar-refractivity contribution is 9.10. The standard InChI is InChI=1S/C30H26BrN3O7S/c1-15(2)40-29(36)26-17(4)32-30-33(27(26)21-13-19(31)8-10-24(21)39-5)28(35)25(42-30)14-20-9-11-23(41-20)18-7-6-16(3)22(12-18)34(37)38/h6-15,27H,1-5H3/b25-14-/t27-/m0/s1. The van der Waals surface area contributed by atoms with Crippen LogP contribution in [0.25, 0.3) is 17.4 Å². The van der Waals surface area contributed by atoms with Crippen LogP contribution in [0.1, 0.15) is 43.7 Å². The summed E-state index contributed by atoms with van der Waals surface area (Å²) in [6, 6.07) is 12.8. The minimum absolute atomic E-state index is 0.0103. The number of nitro benzene ring substituents is 1. The Kier molecular flexibility index (Phi) is 8.02. The molecule has 0 bridgehead atoms. The van der Waals surface area contributed by atoms with E-state index in [1.54, 1.807) is 64.1 Å². The Morgan fingerprint density at radius 2 is 1.95 bits per heavy atom. The van der Waals surface area contributed by atoms with Crippen LogP contribution in [-0.2, 0) is 9.53 Å². The molecule has 0 N–H and O–H groups in total. The molecule has 0 spiro atoms. The lowest BCUT2D eigenvalue weighted by molar-refractivity contribution is -0.385. The summed E-state index contributed by atoms with van der Waals surface area (Å²) in [6.45, 7) is 6.89. The Morgan fingerprint density at radius 3 is 2.64 bits per heavy atom. The maximum absolute atomic E-state index is 14.0. The van der Waals surface area contributed by atoms with Crippen LogP contribution in [0, 0.1) is 17.0 Å². The third kappa shape index (κ3) is 5.47. The molecule has 0 unspecified atom stereocenters. The van der Waals surface area contributed by atoms with Crippen molar-refractivity contribution in [3.8, 4) is 17.1 Å². The van der Waals surface area contributed by atoms with E-state index in [9.17, 15) is 19.7 Å².